The van der Waals surface area contributed by atoms with Gasteiger partial charge in [0.2, 0.25) is 0 Å². The van der Waals surface area contributed by atoms with Crippen LogP contribution >= 0.6 is 11.3 Å². The molecule has 0 bridgehead atoms. The first kappa shape index (κ1) is 13.8. The molecule has 104 valence electrons. The number of nitrogens with one attached hydrogen (secondary N) is 1. The molecule has 1 heterocycles. The Morgan fingerprint density at radius 1 is 1.37 bits per heavy atom. The van der Waals surface area contributed by atoms with E-state index in [-0.39, 0.29) is 21.6 Å². The number of amides is 1. The second-order valence-electron chi connectivity index (χ2n) is 4.12. The van der Waals surface area contributed by atoms with Gasteiger partial charge in [0.15, 0.2) is 5.13 Å². The maximum atomic E-state index is 12.1. The highest BCUT2D eigenvalue weighted by Crippen LogP contribution is 2.40. The van der Waals surface area contributed by atoms with Crippen molar-refractivity contribution in [3.63, 3.8) is 0 Å². The summed E-state index contributed by atoms with van der Waals surface area (Å²) in [4.78, 5) is 25.5. The lowest BCUT2D eigenvalue weighted by Gasteiger charge is -2.23. The number of aromatic nitrogens is 1. The highest BCUT2D eigenvalue weighted by atomic mass is 32.1. The minimum absolute atomic E-state index is 0.0427. The van der Waals surface area contributed by atoms with Crippen molar-refractivity contribution in [1.29, 1.82) is 0 Å². The number of nitrogens with zero attached hydrogens (tertiary/aromatic N) is 1. The number of halogens is 3. The number of thiazole rings is 1. The average molecular weight is 294 g/mol. The van der Waals surface area contributed by atoms with Gasteiger partial charge in [0.05, 0.1) is 5.69 Å². The van der Waals surface area contributed by atoms with Crippen LogP contribution in [0.15, 0.2) is 0 Å². The van der Waals surface area contributed by atoms with Gasteiger partial charge in [-0.1, -0.05) is 17.8 Å². The summed E-state index contributed by atoms with van der Waals surface area (Å²) in [5.74, 6) is -3.44. The number of rotatable bonds is 3. The molecule has 1 aliphatic rings. The predicted octanol–water partition coefficient (Wildman–Crippen LogP) is 2.61. The lowest BCUT2D eigenvalue weighted by molar-refractivity contribution is -0.167. The summed E-state index contributed by atoms with van der Waals surface area (Å²) in [6.45, 7) is 0. The number of anilines is 1. The maximum absolute atomic E-state index is 12.1. The summed E-state index contributed by atoms with van der Waals surface area (Å²) in [6, 6.07) is 0. The number of alkyl halides is 3. The molecule has 1 aliphatic carbocycles. The monoisotopic (exact) mass is 294 g/mol. The minimum Gasteiger partial charge on any atom is -0.477 e. The molecule has 0 aliphatic heterocycles. The summed E-state index contributed by atoms with van der Waals surface area (Å²) in [5, 5.41) is 10.2. The Kier molecular flexibility index (Phi) is 3.48. The molecule has 1 aromatic heterocycles. The minimum atomic E-state index is -5.02. The molecule has 0 atom stereocenters. The Balaban J connectivity index is 2.23. The van der Waals surface area contributed by atoms with Gasteiger partial charge in [0, 0.05) is 5.92 Å². The van der Waals surface area contributed by atoms with Crippen LogP contribution in [-0.2, 0) is 4.79 Å². The van der Waals surface area contributed by atoms with Crippen LogP contribution in [0.25, 0.3) is 0 Å². The fraction of sp³-hybridized carbons (Fsp3) is 0.500. The van der Waals surface area contributed by atoms with Gasteiger partial charge >= 0.3 is 18.1 Å². The van der Waals surface area contributed by atoms with Gasteiger partial charge in [0.25, 0.3) is 0 Å². The molecule has 1 aromatic rings. The van der Waals surface area contributed by atoms with Gasteiger partial charge in [-0.2, -0.15) is 13.2 Å². The van der Waals surface area contributed by atoms with Crippen LogP contribution in [0.5, 0.6) is 0 Å². The van der Waals surface area contributed by atoms with Gasteiger partial charge in [-0.3, -0.25) is 10.1 Å². The smallest absolute Gasteiger partial charge is 0.471 e. The van der Waals surface area contributed by atoms with Gasteiger partial charge in [-0.25, -0.2) is 9.78 Å². The van der Waals surface area contributed by atoms with Gasteiger partial charge in [0.1, 0.15) is 4.88 Å². The van der Waals surface area contributed by atoms with E-state index in [0.29, 0.717) is 11.3 Å². The fourth-order valence-electron chi connectivity index (χ4n) is 1.66. The SMILES string of the molecule is O=C(O)c1sc(NC(=O)C(F)(F)F)nc1C1CCC1. The molecule has 5 nitrogen and oxygen atoms in total. The van der Waals surface area contributed by atoms with Crippen molar-refractivity contribution in [3.05, 3.63) is 10.6 Å². The summed E-state index contributed by atoms with van der Waals surface area (Å²) in [7, 11) is 0. The van der Waals surface area contributed by atoms with Crippen LogP contribution in [0.1, 0.15) is 40.5 Å². The number of hydrogen-bond donors (Lipinski definition) is 2. The van der Waals surface area contributed by atoms with E-state index in [2.05, 4.69) is 4.98 Å². The lowest BCUT2D eigenvalue weighted by atomic mass is 9.82. The Hall–Kier alpha value is -1.64. The molecule has 1 saturated carbocycles. The normalized spacial score (nSPS) is 15.9. The van der Waals surface area contributed by atoms with Crippen molar-refractivity contribution in [3.8, 4) is 0 Å². The van der Waals surface area contributed by atoms with Gasteiger partial charge < -0.3 is 5.11 Å². The van der Waals surface area contributed by atoms with Gasteiger partial charge in [-0.15, -0.1) is 0 Å². The Bertz CT molecular complexity index is 523. The molecule has 0 spiro atoms. The topological polar surface area (TPSA) is 79.3 Å². The second-order valence-corrected chi connectivity index (χ2v) is 5.12. The van der Waals surface area contributed by atoms with Crippen LogP contribution in [0, 0.1) is 0 Å². The zero-order chi connectivity index (χ0) is 14.2. The molecular weight excluding hydrogens is 285 g/mol. The summed E-state index contributed by atoms with van der Waals surface area (Å²) < 4.78 is 36.3. The molecule has 0 saturated heterocycles. The van der Waals surface area contributed by atoms with Crippen molar-refractivity contribution < 1.29 is 27.9 Å². The van der Waals surface area contributed by atoms with E-state index >= 15 is 0 Å². The second kappa shape index (κ2) is 4.80. The number of hydrogen-bond acceptors (Lipinski definition) is 4. The van der Waals surface area contributed by atoms with E-state index in [4.69, 9.17) is 5.11 Å². The van der Waals surface area contributed by atoms with Crippen molar-refractivity contribution in [1.82, 2.24) is 4.98 Å². The van der Waals surface area contributed by atoms with E-state index in [1.165, 1.54) is 0 Å². The van der Waals surface area contributed by atoms with Crippen molar-refractivity contribution in [2.24, 2.45) is 0 Å². The molecule has 1 fully saturated rings. The highest BCUT2D eigenvalue weighted by Gasteiger charge is 2.39. The summed E-state index contributed by atoms with van der Waals surface area (Å²) in [5.41, 5.74) is 0.265. The molecule has 9 heteroatoms. The lowest BCUT2D eigenvalue weighted by Crippen LogP contribution is -2.29. The molecule has 0 radical (unpaired) electrons. The molecule has 19 heavy (non-hydrogen) atoms. The van der Waals surface area contributed by atoms with E-state index in [1.54, 1.807) is 5.32 Å². The van der Waals surface area contributed by atoms with E-state index in [0.717, 1.165) is 19.3 Å². The first-order valence-electron chi connectivity index (χ1n) is 5.41. The largest absolute Gasteiger partial charge is 0.477 e. The Morgan fingerprint density at radius 2 is 2.00 bits per heavy atom. The van der Waals surface area contributed by atoms with Crippen molar-refractivity contribution >= 4 is 28.3 Å². The third kappa shape index (κ3) is 2.86. The van der Waals surface area contributed by atoms with Crippen LogP contribution in [0.3, 0.4) is 0 Å². The summed E-state index contributed by atoms with van der Waals surface area (Å²) in [6.07, 6.45) is -2.56. The Labute approximate surface area is 109 Å². The average Bonchev–Trinajstić information content (AvgIpc) is 2.57. The van der Waals surface area contributed by atoms with Crippen molar-refractivity contribution in [2.45, 2.75) is 31.4 Å². The molecule has 1 amide bonds. The zero-order valence-corrected chi connectivity index (χ0v) is 10.3. The van der Waals surface area contributed by atoms with Crippen LogP contribution in [0.4, 0.5) is 18.3 Å². The first-order valence-corrected chi connectivity index (χ1v) is 6.23. The number of carboxylic acids is 1. The first-order chi connectivity index (χ1) is 8.79. The molecule has 0 unspecified atom stereocenters. The van der Waals surface area contributed by atoms with Crippen LogP contribution in [-0.4, -0.2) is 28.1 Å². The van der Waals surface area contributed by atoms with Crippen molar-refractivity contribution in [2.75, 3.05) is 5.32 Å². The molecular formula is C10H9F3N2O3S. The van der Waals surface area contributed by atoms with E-state index in [9.17, 15) is 22.8 Å². The maximum Gasteiger partial charge on any atom is 0.471 e. The standard InChI is InChI=1S/C10H9F3N2O3S/c11-10(12,13)8(18)15-9-14-5(4-2-1-3-4)6(19-9)7(16)17/h4H,1-3H2,(H,16,17)(H,14,15,18). The number of aromatic carboxylic acids is 1. The third-order valence-corrected chi connectivity index (χ3v) is 3.79. The van der Waals surface area contributed by atoms with Crippen LogP contribution < -0.4 is 5.32 Å². The third-order valence-electron chi connectivity index (χ3n) is 2.82. The molecule has 0 aromatic carbocycles. The van der Waals surface area contributed by atoms with Gasteiger partial charge in [-0.05, 0) is 12.8 Å². The summed E-state index contributed by atoms with van der Waals surface area (Å²) >= 11 is 0.547. The Morgan fingerprint density at radius 3 is 2.42 bits per heavy atom. The fourth-order valence-corrected chi connectivity index (χ4v) is 2.55. The quantitative estimate of drug-likeness (QED) is 0.898. The highest BCUT2D eigenvalue weighted by molar-refractivity contribution is 7.17. The van der Waals surface area contributed by atoms with Crippen LogP contribution in [0.2, 0.25) is 0 Å². The predicted molar refractivity (Wildman–Crippen MR) is 60.4 cm³/mol. The number of carbonyl (C=O) groups is 2. The number of carbonyl (C=O) groups excluding carboxylic acids is 1. The van der Waals surface area contributed by atoms with E-state index in [1.807, 2.05) is 0 Å². The van der Waals surface area contributed by atoms with E-state index < -0.39 is 18.1 Å². The number of carboxylic acid groups (broad SMARTS) is 1. The molecule has 2 rings (SSSR count). The zero-order valence-electron chi connectivity index (χ0n) is 9.45. The molecule has 2 N–H and O–H groups in total.